The summed E-state index contributed by atoms with van der Waals surface area (Å²) >= 11 is 1.51. The van der Waals surface area contributed by atoms with E-state index < -0.39 is 0 Å². The highest BCUT2D eigenvalue weighted by atomic mass is 35.5. The minimum absolute atomic E-state index is 0. The smallest absolute Gasteiger partial charge is 0.230 e. The summed E-state index contributed by atoms with van der Waals surface area (Å²) in [5.41, 5.74) is 4.12. The molecule has 0 aliphatic carbocycles. The van der Waals surface area contributed by atoms with Crippen LogP contribution in [0, 0.1) is 12.7 Å². The number of thiazole rings is 1. The van der Waals surface area contributed by atoms with E-state index in [1.165, 1.54) is 23.5 Å². The molecule has 0 aliphatic heterocycles. The van der Waals surface area contributed by atoms with Crippen LogP contribution < -0.4 is 5.32 Å². The molecule has 2 heterocycles. The van der Waals surface area contributed by atoms with E-state index in [0.717, 1.165) is 21.9 Å². The zero-order valence-electron chi connectivity index (χ0n) is 14.5. The van der Waals surface area contributed by atoms with Gasteiger partial charge in [0.2, 0.25) is 5.91 Å². The molecule has 0 radical (unpaired) electrons. The average molecular weight is 402 g/mol. The molecule has 2 aromatic carbocycles. The van der Waals surface area contributed by atoms with Gasteiger partial charge in [0, 0.05) is 28.5 Å². The van der Waals surface area contributed by atoms with Gasteiger partial charge in [-0.3, -0.25) is 9.20 Å². The number of rotatable bonds is 4. The van der Waals surface area contributed by atoms with Crippen molar-refractivity contribution in [1.29, 1.82) is 0 Å². The first-order valence-corrected chi connectivity index (χ1v) is 9.05. The minimum Gasteiger partial charge on any atom is -0.326 e. The first-order valence-electron chi connectivity index (χ1n) is 8.17. The molecular weight excluding hydrogens is 385 g/mol. The fourth-order valence-electron chi connectivity index (χ4n) is 2.83. The van der Waals surface area contributed by atoms with Crippen LogP contribution in [0.3, 0.4) is 0 Å². The molecule has 2 aromatic heterocycles. The lowest BCUT2D eigenvalue weighted by Gasteiger charge is -2.08. The van der Waals surface area contributed by atoms with E-state index in [0.29, 0.717) is 11.3 Å². The van der Waals surface area contributed by atoms with Gasteiger partial charge in [0.05, 0.1) is 12.1 Å². The molecule has 138 valence electrons. The number of nitrogens with one attached hydrogen (secondary N) is 1. The monoisotopic (exact) mass is 401 g/mol. The van der Waals surface area contributed by atoms with Gasteiger partial charge in [-0.1, -0.05) is 30.3 Å². The Kier molecular flexibility index (Phi) is 5.58. The third-order valence-corrected chi connectivity index (χ3v) is 5.05. The quantitative estimate of drug-likeness (QED) is 0.516. The molecule has 0 saturated carbocycles. The van der Waals surface area contributed by atoms with E-state index in [9.17, 15) is 9.18 Å². The Morgan fingerprint density at radius 1 is 1.22 bits per heavy atom. The fourth-order valence-corrected chi connectivity index (χ4v) is 3.70. The van der Waals surface area contributed by atoms with Crippen LogP contribution in [0.15, 0.2) is 60.1 Å². The second kappa shape index (κ2) is 7.90. The van der Waals surface area contributed by atoms with Gasteiger partial charge in [-0.25, -0.2) is 9.37 Å². The number of anilines is 1. The van der Waals surface area contributed by atoms with Crippen molar-refractivity contribution in [3.8, 4) is 11.3 Å². The number of fused-ring (bicyclic) bond motifs is 1. The SMILES string of the molecule is Cc1cc(F)ccc1NC(=O)Cc1csc2nc(-c3ccccc3)cn12.Cl. The Morgan fingerprint density at radius 2 is 2.00 bits per heavy atom. The molecule has 4 nitrogen and oxygen atoms in total. The van der Waals surface area contributed by atoms with Crippen molar-refractivity contribution >= 4 is 40.3 Å². The van der Waals surface area contributed by atoms with Crippen molar-refractivity contribution in [2.45, 2.75) is 13.3 Å². The number of benzene rings is 2. The van der Waals surface area contributed by atoms with E-state index in [1.54, 1.807) is 13.0 Å². The Morgan fingerprint density at radius 3 is 2.74 bits per heavy atom. The summed E-state index contributed by atoms with van der Waals surface area (Å²) in [6.45, 7) is 1.77. The summed E-state index contributed by atoms with van der Waals surface area (Å²) in [6.07, 6.45) is 2.17. The summed E-state index contributed by atoms with van der Waals surface area (Å²) in [5.74, 6) is -0.457. The van der Waals surface area contributed by atoms with Gasteiger partial charge in [-0.2, -0.15) is 0 Å². The third-order valence-electron chi connectivity index (χ3n) is 4.16. The van der Waals surface area contributed by atoms with E-state index in [2.05, 4.69) is 10.3 Å². The molecule has 0 bridgehead atoms. The van der Waals surface area contributed by atoms with Gasteiger partial charge in [0.1, 0.15) is 5.82 Å². The number of nitrogens with zero attached hydrogens (tertiary/aromatic N) is 2. The molecule has 0 atom stereocenters. The highest BCUT2D eigenvalue weighted by molar-refractivity contribution is 7.15. The average Bonchev–Trinajstić information content (AvgIpc) is 3.20. The number of carbonyl (C=O) groups excluding carboxylic acids is 1. The summed E-state index contributed by atoms with van der Waals surface area (Å²) in [7, 11) is 0. The molecular formula is C20H17ClFN3OS. The van der Waals surface area contributed by atoms with E-state index >= 15 is 0 Å². The summed E-state index contributed by atoms with van der Waals surface area (Å²) in [4.78, 5) is 17.9. The highest BCUT2D eigenvalue weighted by Gasteiger charge is 2.13. The maximum Gasteiger partial charge on any atom is 0.230 e. The van der Waals surface area contributed by atoms with Crippen LogP contribution >= 0.6 is 23.7 Å². The second-order valence-corrected chi connectivity index (χ2v) is 6.89. The zero-order chi connectivity index (χ0) is 18.1. The molecule has 7 heteroatoms. The molecule has 27 heavy (non-hydrogen) atoms. The topological polar surface area (TPSA) is 46.4 Å². The molecule has 4 aromatic rings. The van der Waals surface area contributed by atoms with Crippen LogP contribution in [-0.2, 0) is 11.2 Å². The van der Waals surface area contributed by atoms with Gasteiger partial charge in [-0.15, -0.1) is 23.7 Å². The number of aryl methyl sites for hydroxylation is 1. The predicted octanol–water partition coefficient (Wildman–Crippen LogP) is 5.11. The van der Waals surface area contributed by atoms with Crippen LogP contribution in [0.25, 0.3) is 16.2 Å². The first kappa shape index (κ1) is 19.1. The van der Waals surface area contributed by atoms with Gasteiger partial charge in [0.15, 0.2) is 4.96 Å². The van der Waals surface area contributed by atoms with E-state index in [4.69, 9.17) is 0 Å². The highest BCUT2D eigenvalue weighted by Crippen LogP contribution is 2.24. The first-order chi connectivity index (χ1) is 12.6. The minimum atomic E-state index is -0.313. The lowest BCUT2D eigenvalue weighted by molar-refractivity contribution is -0.115. The number of hydrogen-bond donors (Lipinski definition) is 1. The van der Waals surface area contributed by atoms with Crippen LogP contribution in [-0.4, -0.2) is 15.3 Å². The fraction of sp³-hybridized carbons (Fsp3) is 0.100. The lowest BCUT2D eigenvalue weighted by atomic mass is 10.2. The van der Waals surface area contributed by atoms with Crippen LogP contribution in [0.2, 0.25) is 0 Å². The van der Waals surface area contributed by atoms with Crippen molar-refractivity contribution in [2.75, 3.05) is 5.32 Å². The van der Waals surface area contributed by atoms with Gasteiger partial charge in [-0.05, 0) is 30.7 Å². The molecule has 0 saturated heterocycles. The van der Waals surface area contributed by atoms with Crippen molar-refractivity contribution in [1.82, 2.24) is 9.38 Å². The second-order valence-electron chi connectivity index (χ2n) is 6.06. The largest absolute Gasteiger partial charge is 0.326 e. The van der Waals surface area contributed by atoms with Gasteiger partial charge in [0.25, 0.3) is 0 Å². The number of carbonyl (C=O) groups is 1. The third kappa shape index (κ3) is 4.02. The predicted molar refractivity (Wildman–Crippen MR) is 109 cm³/mol. The van der Waals surface area contributed by atoms with Gasteiger partial charge < -0.3 is 5.32 Å². The number of hydrogen-bond acceptors (Lipinski definition) is 3. The summed E-state index contributed by atoms with van der Waals surface area (Å²) in [5, 5.41) is 4.78. The van der Waals surface area contributed by atoms with E-state index in [-0.39, 0.29) is 30.6 Å². The molecule has 0 fully saturated rings. The molecule has 1 amide bonds. The molecule has 0 spiro atoms. The van der Waals surface area contributed by atoms with Crippen molar-refractivity contribution in [3.63, 3.8) is 0 Å². The van der Waals surface area contributed by atoms with Crippen LogP contribution in [0.1, 0.15) is 11.3 Å². The molecule has 4 rings (SSSR count). The standard InChI is InChI=1S/C20H16FN3OS.ClH/c1-13-9-15(21)7-8-17(13)22-19(25)10-16-12-26-20-23-18(11-24(16)20)14-5-3-2-4-6-14;/h2-9,11-12H,10H2,1H3,(H,22,25);1H. The number of amides is 1. The van der Waals surface area contributed by atoms with Crippen molar-refractivity contribution in [2.24, 2.45) is 0 Å². The van der Waals surface area contributed by atoms with E-state index in [1.807, 2.05) is 46.3 Å². The van der Waals surface area contributed by atoms with Gasteiger partial charge >= 0.3 is 0 Å². The molecule has 0 aliphatic rings. The number of halogens is 2. The Labute approximate surface area is 166 Å². The maximum absolute atomic E-state index is 13.2. The molecule has 0 unspecified atom stereocenters. The number of imidazole rings is 1. The summed E-state index contributed by atoms with van der Waals surface area (Å²) < 4.78 is 15.1. The normalized spacial score (nSPS) is 10.6. The Balaban J connectivity index is 0.00000210. The molecule has 1 N–H and O–H groups in total. The zero-order valence-corrected chi connectivity index (χ0v) is 16.1. The van der Waals surface area contributed by atoms with Crippen molar-refractivity contribution in [3.05, 3.63) is 77.2 Å². The van der Waals surface area contributed by atoms with Crippen LogP contribution in [0.5, 0.6) is 0 Å². The lowest BCUT2D eigenvalue weighted by Crippen LogP contribution is -2.16. The van der Waals surface area contributed by atoms with Crippen molar-refractivity contribution < 1.29 is 9.18 Å². The Hall–Kier alpha value is -2.70. The van der Waals surface area contributed by atoms with Crippen LogP contribution in [0.4, 0.5) is 10.1 Å². The number of aromatic nitrogens is 2. The Bertz CT molecular complexity index is 1090. The maximum atomic E-state index is 13.2. The summed E-state index contributed by atoms with van der Waals surface area (Å²) in [6, 6.07) is 14.3.